The second-order valence-corrected chi connectivity index (χ2v) is 7.64. The van der Waals surface area contributed by atoms with Gasteiger partial charge in [-0.1, -0.05) is 41.9 Å². The zero-order valence-corrected chi connectivity index (χ0v) is 17.7. The number of ether oxygens (including phenoxy) is 1. The number of halogens is 4. The summed E-state index contributed by atoms with van der Waals surface area (Å²) in [5.74, 6) is -0.674. The minimum atomic E-state index is -4.67. The minimum absolute atomic E-state index is 0.199. The Morgan fingerprint density at radius 3 is 2.59 bits per heavy atom. The van der Waals surface area contributed by atoms with Crippen LogP contribution in [0.2, 0.25) is 5.02 Å². The average molecular weight is 465 g/mol. The summed E-state index contributed by atoms with van der Waals surface area (Å²) in [5, 5.41) is 6.50. The number of rotatable bonds is 7. The molecular formula is C22H20ClF3N4O2. The fourth-order valence-electron chi connectivity index (χ4n) is 3.56. The first-order valence-corrected chi connectivity index (χ1v) is 10.4. The molecule has 6 nitrogen and oxygen atoms in total. The third-order valence-electron chi connectivity index (χ3n) is 5.09. The number of para-hydroxylation sites is 2. The maximum absolute atomic E-state index is 13.2. The number of alkyl halides is 3. The normalized spacial score (nSPS) is 13.2. The predicted molar refractivity (Wildman–Crippen MR) is 114 cm³/mol. The molecular weight excluding hydrogens is 445 g/mol. The standard InChI is InChI=1S/C22H20ClF3N4O2/c23-16-6-2-4-8-18(16)30-21(13-19(28-30)22(24,25)26)32-14-20(31)27-10-12-29-11-9-15-5-1-3-7-17(15)29/h1-8,13H,9-12,14H2,(H,27,31). The van der Waals surface area contributed by atoms with Crippen LogP contribution in [0.1, 0.15) is 11.3 Å². The molecule has 4 rings (SSSR count). The maximum Gasteiger partial charge on any atom is 0.435 e. The van der Waals surface area contributed by atoms with E-state index in [4.69, 9.17) is 16.3 Å². The molecule has 0 atom stereocenters. The van der Waals surface area contributed by atoms with Crippen LogP contribution in [-0.2, 0) is 17.4 Å². The number of nitrogens with one attached hydrogen (secondary N) is 1. The molecule has 1 aromatic heterocycles. The summed E-state index contributed by atoms with van der Waals surface area (Å²) in [7, 11) is 0. The molecule has 168 valence electrons. The lowest BCUT2D eigenvalue weighted by molar-refractivity contribution is -0.141. The molecule has 2 aromatic carbocycles. The van der Waals surface area contributed by atoms with Crippen molar-refractivity contribution in [2.24, 2.45) is 0 Å². The number of fused-ring (bicyclic) bond motifs is 1. The highest BCUT2D eigenvalue weighted by molar-refractivity contribution is 6.32. The number of hydrogen-bond acceptors (Lipinski definition) is 4. The van der Waals surface area contributed by atoms with Gasteiger partial charge in [0, 0.05) is 31.4 Å². The quantitative estimate of drug-likeness (QED) is 0.572. The monoisotopic (exact) mass is 464 g/mol. The van der Waals surface area contributed by atoms with Crippen LogP contribution >= 0.6 is 11.6 Å². The smallest absolute Gasteiger partial charge is 0.435 e. The molecule has 3 aromatic rings. The Labute approximate surface area is 187 Å². The van der Waals surface area contributed by atoms with Gasteiger partial charge in [0.15, 0.2) is 12.3 Å². The van der Waals surface area contributed by atoms with Crippen molar-refractivity contribution < 1.29 is 22.7 Å². The maximum atomic E-state index is 13.2. The van der Waals surface area contributed by atoms with E-state index in [1.165, 1.54) is 17.7 Å². The molecule has 0 spiro atoms. The third kappa shape index (κ3) is 4.83. The molecule has 1 aliphatic heterocycles. The van der Waals surface area contributed by atoms with E-state index in [1.807, 2.05) is 18.2 Å². The van der Waals surface area contributed by atoms with Crippen molar-refractivity contribution in [3.8, 4) is 11.6 Å². The number of aromatic nitrogens is 2. The number of amides is 1. The van der Waals surface area contributed by atoms with Crippen LogP contribution in [-0.4, -0.2) is 41.9 Å². The van der Waals surface area contributed by atoms with E-state index in [9.17, 15) is 18.0 Å². The number of carbonyl (C=O) groups is 1. The Kier molecular flexibility index (Phi) is 6.27. The fourth-order valence-corrected chi connectivity index (χ4v) is 3.78. The number of nitrogens with zero attached hydrogens (tertiary/aromatic N) is 3. The Morgan fingerprint density at radius 1 is 1.12 bits per heavy atom. The van der Waals surface area contributed by atoms with E-state index in [0.29, 0.717) is 13.1 Å². The molecule has 1 aliphatic rings. The van der Waals surface area contributed by atoms with Crippen molar-refractivity contribution in [2.75, 3.05) is 31.1 Å². The van der Waals surface area contributed by atoms with E-state index >= 15 is 0 Å². The summed E-state index contributed by atoms with van der Waals surface area (Å²) < 4.78 is 45.8. The highest BCUT2D eigenvalue weighted by atomic mass is 35.5. The molecule has 0 fully saturated rings. The van der Waals surface area contributed by atoms with E-state index in [2.05, 4.69) is 21.4 Å². The van der Waals surface area contributed by atoms with Crippen LogP contribution in [0.5, 0.6) is 5.88 Å². The van der Waals surface area contributed by atoms with Gasteiger partial charge in [-0.15, -0.1) is 0 Å². The zero-order chi connectivity index (χ0) is 22.7. The Hall–Kier alpha value is -3.20. The Bertz CT molecular complexity index is 1120. The second-order valence-electron chi connectivity index (χ2n) is 7.23. The van der Waals surface area contributed by atoms with Gasteiger partial charge in [-0.05, 0) is 30.2 Å². The number of hydrogen-bond donors (Lipinski definition) is 1. The van der Waals surface area contributed by atoms with Crippen molar-refractivity contribution in [1.29, 1.82) is 0 Å². The Morgan fingerprint density at radius 2 is 1.84 bits per heavy atom. The van der Waals surface area contributed by atoms with Crippen molar-refractivity contribution in [2.45, 2.75) is 12.6 Å². The molecule has 0 saturated heterocycles. The van der Waals surface area contributed by atoms with Gasteiger partial charge in [-0.25, -0.2) is 0 Å². The summed E-state index contributed by atoms with van der Waals surface area (Å²) in [6.07, 6.45) is -3.71. The Balaban J connectivity index is 1.37. The largest absolute Gasteiger partial charge is 0.467 e. The average Bonchev–Trinajstić information content (AvgIpc) is 3.37. The van der Waals surface area contributed by atoms with Crippen LogP contribution in [0.25, 0.3) is 5.69 Å². The fraction of sp³-hybridized carbons (Fsp3) is 0.273. The van der Waals surface area contributed by atoms with Crippen molar-refractivity contribution in [3.05, 3.63) is 70.9 Å². The van der Waals surface area contributed by atoms with Crippen LogP contribution in [0, 0.1) is 0 Å². The number of carbonyl (C=O) groups excluding carboxylic acids is 1. The highest BCUT2D eigenvalue weighted by Crippen LogP contribution is 2.33. The summed E-state index contributed by atoms with van der Waals surface area (Å²) in [6, 6.07) is 15.1. The molecule has 1 amide bonds. The van der Waals surface area contributed by atoms with Gasteiger partial charge in [0.1, 0.15) is 0 Å². The van der Waals surface area contributed by atoms with Gasteiger partial charge in [0.25, 0.3) is 5.91 Å². The van der Waals surface area contributed by atoms with E-state index in [-0.39, 0.29) is 16.6 Å². The van der Waals surface area contributed by atoms with Crippen molar-refractivity contribution >= 4 is 23.2 Å². The summed E-state index contributed by atoms with van der Waals surface area (Å²) in [4.78, 5) is 14.4. The first kappa shape index (κ1) is 22.0. The first-order valence-electron chi connectivity index (χ1n) is 9.97. The van der Waals surface area contributed by atoms with Gasteiger partial charge in [0.2, 0.25) is 5.88 Å². The number of benzene rings is 2. The van der Waals surface area contributed by atoms with E-state index in [1.54, 1.807) is 12.1 Å². The third-order valence-corrected chi connectivity index (χ3v) is 5.41. The lowest BCUT2D eigenvalue weighted by Gasteiger charge is -2.19. The predicted octanol–water partition coefficient (Wildman–Crippen LogP) is 4.10. The van der Waals surface area contributed by atoms with Gasteiger partial charge in [-0.2, -0.15) is 23.0 Å². The molecule has 0 aliphatic carbocycles. The molecule has 0 unspecified atom stereocenters. The summed E-state index contributed by atoms with van der Waals surface area (Å²) in [6.45, 7) is 1.43. The first-order chi connectivity index (χ1) is 15.3. The SMILES string of the molecule is O=C(COc1cc(C(F)(F)F)nn1-c1ccccc1Cl)NCCN1CCc2ccccc21. The van der Waals surface area contributed by atoms with Gasteiger partial charge >= 0.3 is 6.18 Å². The van der Waals surface area contributed by atoms with Crippen molar-refractivity contribution in [1.82, 2.24) is 15.1 Å². The van der Waals surface area contributed by atoms with Crippen molar-refractivity contribution in [3.63, 3.8) is 0 Å². The van der Waals surface area contributed by atoms with Crippen LogP contribution in [0.3, 0.4) is 0 Å². The molecule has 0 bridgehead atoms. The van der Waals surface area contributed by atoms with E-state index in [0.717, 1.165) is 29.4 Å². The molecule has 32 heavy (non-hydrogen) atoms. The summed E-state index contributed by atoms with van der Waals surface area (Å²) in [5.41, 5.74) is 1.50. The topological polar surface area (TPSA) is 59.4 Å². The number of anilines is 1. The lowest BCUT2D eigenvalue weighted by Crippen LogP contribution is -2.36. The molecule has 10 heteroatoms. The zero-order valence-electron chi connectivity index (χ0n) is 16.9. The minimum Gasteiger partial charge on any atom is -0.467 e. The van der Waals surface area contributed by atoms with Crippen LogP contribution in [0.15, 0.2) is 54.6 Å². The van der Waals surface area contributed by atoms with Gasteiger partial charge in [-0.3, -0.25) is 4.79 Å². The molecule has 1 N–H and O–H groups in total. The molecule has 0 radical (unpaired) electrons. The summed E-state index contributed by atoms with van der Waals surface area (Å²) >= 11 is 6.10. The van der Waals surface area contributed by atoms with Crippen LogP contribution < -0.4 is 15.0 Å². The van der Waals surface area contributed by atoms with Gasteiger partial charge < -0.3 is 15.0 Å². The highest BCUT2D eigenvalue weighted by Gasteiger charge is 2.36. The molecule has 2 heterocycles. The van der Waals surface area contributed by atoms with Gasteiger partial charge in [0.05, 0.1) is 10.7 Å². The molecule has 0 saturated carbocycles. The van der Waals surface area contributed by atoms with Crippen LogP contribution in [0.4, 0.5) is 18.9 Å². The lowest BCUT2D eigenvalue weighted by atomic mass is 10.2. The second kappa shape index (κ2) is 9.12. The van der Waals surface area contributed by atoms with E-state index < -0.39 is 24.4 Å².